The lowest BCUT2D eigenvalue weighted by Gasteiger charge is -2.43. The molecule has 0 bridgehead atoms. The van der Waals surface area contributed by atoms with Crippen LogP contribution in [0.3, 0.4) is 0 Å². The Bertz CT molecular complexity index is 1110. The maximum Gasteiger partial charge on any atom is 0.255 e. The molecule has 1 N–H and O–H groups in total. The van der Waals surface area contributed by atoms with Crippen molar-refractivity contribution in [3.63, 3.8) is 0 Å². The number of rotatable bonds is 3. The third-order valence-corrected chi connectivity index (χ3v) is 6.62. The van der Waals surface area contributed by atoms with E-state index in [0.717, 1.165) is 31.8 Å². The second kappa shape index (κ2) is 5.79. The van der Waals surface area contributed by atoms with Crippen LogP contribution in [0.2, 0.25) is 0 Å². The number of H-pyrrole nitrogens is 1. The van der Waals surface area contributed by atoms with Crippen LogP contribution in [0.5, 0.6) is 0 Å². The van der Waals surface area contributed by atoms with E-state index < -0.39 is 0 Å². The molecular weight excluding hydrogens is 360 g/mol. The van der Waals surface area contributed by atoms with Gasteiger partial charge in [0.2, 0.25) is 5.91 Å². The summed E-state index contributed by atoms with van der Waals surface area (Å²) in [6.45, 7) is 7.40. The number of aryl methyl sites for hydroxylation is 1. The molecule has 7 heteroatoms. The number of aromatic amines is 1. The molecule has 2 aliphatic rings. The van der Waals surface area contributed by atoms with Gasteiger partial charge in [0.25, 0.3) is 5.91 Å². The van der Waals surface area contributed by atoms with Crippen molar-refractivity contribution in [3.05, 3.63) is 53.1 Å². The first-order chi connectivity index (χ1) is 13.1. The van der Waals surface area contributed by atoms with E-state index in [1.165, 1.54) is 11.6 Å². The van der Waals surface area contributed by atoms with Crippen LogP contribution in [0.15, 0.2) is 37.1 Å². The van der Waals surface area contributed by atoms with E-state index >= 15 is 0 Å². The first-order valence-corrected chi connectivity index (χ1v) is 9.66. The van der Waals surface area contributed by atoms with Crippen LogP contribution in [-0.4, -0.2) is 50.9 Å². The molecule has 2 aromatic heterocycles. The van der Waals surface area contributed by atoms with Crippen LogP contribution in [-0.2, 0) is 11.3 Å². The maximum atomic E-state index is 12.9. The fraction of sp³-hybridized carbons (Fsp3) is 0.250. The third kappa shape index (κ3) is 2.35. The quantitative estimate of drug-likeness (QED) is 0.713. The van der Waals surface area contributed by atoms with Gasteiger partial charge in [0.05, 0.1) is 29.9 Å². The van der Waals surface area contributed by atoms with Crippen molar-refractivity contribution < 1.29 is 9.59 Å². The highest BCUT2D eigenvalue weighted by Crippen LogP contribution is 2.41. The number of hydrogen-bond donors (Lipinski definition) is 1. The van der Waals surface area contributed by atoms with E-state index in [1.54, 1.807) is 16.2 Å². The minimum Gasteiger partial charge on any atom is -0.335 e. The Morgan fingerprint density at radius 3 is 2.96 bits per heavy atom. The van der Waals surface area contributed by atoms with Gasteiger partial charge in [0.15, 0.2) is 0 Å². The van der Waals surface area contributed by atoms with Crippen LogP contribution < -0.4 is 0 Å². The Morgan fingerprint density at radius 1 is 1.41 bits per heavy atom. The first kappa shape index (κ1) is 16.3. The molecule has 136 valence electrons. The Hall–Kier alpha value is -2.93. The fourth-order valence-corrected chi connectivity index (χ4v) is 5.22. The molecule has 3 aromatic rings. The van der Waals surface area contributed by atoms with Crippen molar-refractivity contribution in [2.24, 2.45) is 0 Å². The second-order valence-electron chi connectivity index (χ2n) is 7.07. The van der Waals surface area contributed by atoms with Crippen molar-refractivity contribution in [2.75, 3.05) is 13.1 Å². The van der Waals surface area contributed by atoms with Gasteiger partial charge < -0.3 is 9.80 Å². The van der Waals surface area contributed by atoms with Gasteiger partial charge in [-0.1, -0.05) is 12.6 Å². The number of nitrogens with zero attached hydrogens (tertiary/aromatic N) is 3. The van der Waals surface area contributed by atoms with Gasteiger partial charge in [0.1, 0.15) is 0 Å². The SMILES string of the molecule is C=CC(=O)N1CC(N2Cc3sc(-c4c(C)ccc5[nH]ncc45)cc3C2=O)C1. The monoisotopic (exact) mass is 378 g/mol. The van der Waals surface area contributed by atoms with Crippen LogP contribution >= 0.6 is 11.3 Å². The predicted molar refractivity (Wildman–Crippen MR) is 105 cm³/mol. The second-order valence-corrected chi connectivity index (χ2v) is 8.21. The Balaban J connectivity index is 1.42. The average molecular weight is 378 g/mol. The van der Waals surface area contributed by atoms with Gasteiger partial charge in [-0.25, -0.2) is 0 Å². The molecule has 5 rings (SSSR count). The highest BCUT2D eigenvalue weighted by atomic mass is 32.1. The van der Waals surface area contributed by atoms with E-state index in [2.05, 4.69) is 29.8 Å². The Labute approximate surface area is 160 Å². The molecule has 6 nitrogen and oxygen atoms in total. The van der Waals surface area contributed by atoms with Gasteiger partial charge in [-0.15, -0.1) is 11.3 Å². The average Bonchev–Trinajstić information content (AvgIpc) is 3.31. The van der Waals surface area contributed by atoms with Crippen molar-refractivity contribution in [3.8, 4) is 10.4 Å². The third-order valence-electron chi connectivity index (χ3n) is 5.48. The zero-order valence-electron chi connectivity index (χ0n) is 14.9. The minimum absolute atomic E-state index is 0.0697. The summed E-state index contributed by atoms with van der Waals surface area (Å²) in [5.41, 5.74) is 4.11. The number of hydrogen-bond acceptors (Lipinski definition) is 4. The number of carbonyl (C=O) groups is 2. The lowest BCUT2D eigenvalue weighted by Crippen LogP contribution is -2.60. The molecule has 1 fully saturated rings. The molecule has 2 aliphatic heterocycles. The lowest BCUT2D eigenvalue weighted by molar-refractivity contribution is -0.132. The summed E-state index contributed by atoms with van der Waals surface area (Å²) in [6.07, 6.45) is 3.17. The van der Waals surface area contributed by atoms with Crippen LogP contribution in [0, 0.1) is 6.92 Å². The molecule has 0 spiro atoms. The molecule has 0 aliphatic carbocycles. The number of carbonyl (C=O) groups excluding carboxylic acids is 2. The van der Waals surface area contributed by atoms with Gasteiger partial charge in [0, 0.05) is 33.8 Å². The maximum absolute atomic E-state index is 12.9. The Morgan fingerprint density at radius 2 is 2.22 bits per heavy atom. The van der Waals surface area contributed by atoms with E-state index in [0.29, 0.717) is 19.6 Å². The van der Waals surface area contributed by atoms with Crippen molar-refractivity contribution in [2.45, 2.75) is 19.5 Å². The molecule has 0 unspecified atom stereocenters. The molecule has 1 saturated heterocycles. The van der Waals surface area contributed by atoms with Crippen LogP contribution in [0.4, 0.5) is 0 Å². The summed E-state index contributed by atoms with van der Waals surface area (Å²) in [6, 6.07) is 6.22. The van der Waals surface area contributed by atoms with Gasteiger partial charge in [-0.05, 0) is 30.7 Å². The van der Waals surface area contributed by atoms with Crippen molar-refractivity contribution >= 4 is 34.1 Å². The molecular formula is C20H18N4O2S. The fourth-order valence-electron chi connectivity index (χ4n) is 3.94. The number of aromatic nitrogens is 2. The molecule has 2 amide bonds. The van der Waals surface area contributed by atoms with Crippen LogP contribution in [0.1, 0.15) is 20.8 Å². The number of amides is 2. The summed E-state index contributed by atoms with van der Waals surface area (Å²) < 4.78 is 0. The summed E-state index contributed by atoms with van der Waals surface area (Å²) >= 11 is 1.68. The largest absolute Gasteiger partial charge is 0.335 e. The number of nitrogens with one attached hydrogen (secondary N) is 1. The van der Waals surface area contributed by atoms with Gasteiger partial charge in [-0.2, -0.15) is 5.10 Å². The molecule has 0 saturated carbocycles. The van der Waals surface area contributed by atoms with E-state index in [4.69, 9.17) is 0 Å². The van der Waals surface area contributed by atoms with E-state index in [9.17, 15) is 9.59 Å². The van der Waals surface area contributed by atoms with E-state index in [1.807, 2.05) is 23.2 Å². The zero-order valence-corrected chi connectivity index (χ0v) is 15.7. The van der Waals surface area contributed by atoms with E-state index in [-0.39, 0.29) is 17.9 Å². The summed E-state index contributed by atoms with van der Waals surface area (Å²) in [4.78, 5) is 30.3. The first-order valence-electron chi connectivity index (χ1n) is 8.85. The number of fused-ring (bicyclic) bond motifs is 2. The van der Waals surface area contributed by atoms with Crippen LogP contribution in [0.25, 0.3) is 21.3 Å². The molecule has 0 atom stereocenters. The predicted octanol–water partition coefficient (Wildman–Crippen LogP) is 2.95. The number of likely N-dealkylation sites (tertiary alicyclic amines) is 1. The molecule has 1 aromatic carbocycles. The summed E-state index contributed by atoms with van der Waals surface area (Å²) in [7, 11) is 0. The highest BCUT2D eigenvalue weighted by molar-refractivity contribution is 7.16. The topological polar surface area (TPSA) is 69.3 Å². The minimum atomic E-state index is -0.0707. The molecule has 4 heterocycles. The van der Waals surface area contributed by atoms with Gasteiger partial charge >= 0.3 is 0 Å². The number of thiophene rings is 1. The zero-order chi connectivity index (χ0) is 18.7. The number of benzene rings is 1. The lowest BCUT2D eigenvalue weighted by atomic mass is 10.0. The molecule has 0 radical (unpaired) electrons. The van der Waals surface area contributed by atoms with Crippen molar-refractivity contribution in [1.29, 1.82) is 0 Å². The normalized spacial score (nSPS) is 16.7. The van der Waals surface area contributed by atoms with Crippen molar-refractivity contribution in [1.82, 2.24) is 20.0 Å². The summed E-state index contributed by atoms with van der Waals surface area (Å²) in [5.74, 6) is -0.00106. The standard InChI is InChI=1S/C20H18N4O2S/c1-3-18(25)23-8-12(9-23)24-10-17-13(20(24)26)6-16(27-17)19-11(2)4-5-15-14(19)7-21-22-15/h3-7,12H,1,8-10H2,2H3,(H,21,22). The highest BCUT2D eigenvalue weighted by Gasteiger charge is 2.41. The van der Waals surface area contributed by atoms with Gasteiger partial charge in [-0.3, -0.25) is 14.7 Å². The Kier molecular flexibility index (Phi) is 3.48. The molecule has 27 heavy (non-hydrogen) atoms. The summed E-state index contributed by atoms with van der Waals surface area (Å²) in [5, 5.41) is 8.25. The smallest absolute Gasteiger partial charge is 0.255 e.